The zero-order chi connectivity index (χ0) is 15.6. The maximum absolute atomic E-state index is 14.4. The number of hydrogen-bond donors (Lipinski definition) is 0. The van der Waals surface area contributed by atoms with E-state index in [0.29, 0.717) is 11.0 Å². The molecule has 0 spiro atoms. The fraction of sp³-hybridized carbons (Fsp3) is 0. The van der Waals surface area contributed by atoms with Gasteiger partial charge in [0.1, 0.15) is 0 Å². The third-order valence-electron chi connectivity index (χ3n) is 3.62. The van der Waals surface area contributed by atoms with Crippen molar-refractivity contribution in [2.45, 2.75) is 0 Å². The molecule has 0 saturated carbocycles. The van der Waals surface area contributed by atoms with Gasteiger partial charge in [0.15, 0.2) is 0 Å². The Hall–Kier alpha value is -2.35. The average Bonchev–Trinajstić information content (AvgIpc) is 2.96. The first-order valence-corrected chi connectivity index (χ1v) is 9.03. The van der Waals surface area contributed by atoms with Crippen molar-refractivity contribution in [2.24, 2.45) is 0 Å². The predicted octanol–water partition coefficient (Wildman–Crippen LogP) is 3.89. The molecule has 0 N–H and O–H groups in total. The summed E-state index contributed by atoms with van der Waals surface area (Å²) in [6, 6.07) is 25.1. The van der Waals surface area contributed by atoms with Gasteiger partial charge in [-0.1, -0.05) is 0 Å². The summed E-state index contributed by atoms with van der Waals surface area (Å²) in [6.07, 6.45) is 0. The van der Waals surface area contributed by atoms with Crippen LogP contribution in [0.25, 0.3) is 22.3 Å². The van der Waals surface area contributed by atoms with E-state index in [1.54, 1.807) is 6.07 Å². The molecule has 0 unspecified atom stereocenters. The van der Waals surface area contributed by atoms with Crippen LogP contribution in [0.3, 0.4) is 0 Å². The Morgan fingerprint density at radius 2 is 1.43 bits per heavy atom. The van der Waals surface area contributed by atoms with E-state index >= 15 is 0 Å². The van der Waals surface area contributed by atoms with Gasteiger partial charge < -0.3 is 0 Å². The number of rotatable bonds is 3. The molecule has 0 bridgehead atoms. The molecule has 4 rings (SSSR count). The minimum absolute atomic E-state index is 0.0279. The molecule has 0 aliphatic heterocycles. The van der Waals surface area contributed by atoms with Crippen LogP contribution in [0, 0.1) is 5.82 Å². The summed E-state index contributed by atoms with van der Waals surface area (Å²) in [6.45, 7) is 0. The van der Waals surface area contributed by atoms with Crippen molar-refractivity contribution in [3.8, 4) is 11.3 Å². The van der Waals surface area contributed by atoms with Gasteiger partial charge in [-0.3, -0.25) is 0 Å². The maximum atomic E-state index is 14.4. The van der Waals surface area contributed by atoms with Crippen molar-refractivity contribution in [1.29, 1.82) is 0 Å². The van der Waals surface area contributed by atoms with E-state index in [2.05, 4.69) is 12.1 Å². The molecule has 23 heavy (non-hydrogen) atoms. The van der Waals surface area contributed by atoms with Crippen LogP contribution in [0.15, 0.2) is 83.3 Å². The van der Waals surface area contributed by atoms with Crippen molar-refractivity contribution in [2.75, 3.05) is 0 Å². The Kier molecular flexibility index (Phi) is 3.74. The SMILES string of the molecule is Fc1cccc2oc(-c3ccccc3)c([Se]c3ccccc3)c12. The van der Waals surface area contributed by atoms with Crippen LogP contribution in [0.5, 0.6) is 0 Å². The van der Waals surface area contributed by atoms with Gasteiger partial charge in [-0.2, -0.15) is 0 Å². The number of benzene rings is 3. The molecule has 0 aliphatic carbocycles. The first-order chi connectivity index (χ1) is 11.3. The van der Waals surface area contributed by atoms with E-state index in [-0.39, 0.29) is 20.8 Å². The molecular formula is C20H13FOSe. The minimum atomic E-state index is -0.221. The molecule has 0 aliphatic rings. The van der Waals surface area contributed by atoms with Gasteiger partial charge in [-0.15, -0.1) is 0 Å². The van der Waals surface area contributed by atoms with E-state index < -0.39 is 0 Å². The summed E-state index contributed by atoms with van der Waals surface area (Å²) in [5, 5.41) is 0.607. The fourth-order valence-corrected chi connectivity index (χ4v) is 4.83. The molecule has 1 nitrogen and oxygen atoms in total. The molecule has 1 heterocycles. The summed E-state index contributed by atoms with van der Waals surface area (Å²) in [4.78, 5) is 0. The third kappa shape index (κ3) is 2.70. The molecule has 1 aromatic heterocycles. The Bertz CT molecular complexity index is 945. The van der Waals surface area contributed by atoms with Gasteiger partial charge >= 0.3 is 140 Å². The molecule has 3 aromatic carbocycles. The molecule has 3 heteroatoms. The van der Waals surface area contributed by atoms with Crippen molar-refractivity contribution in [1.82, 2.24) is 0 Å². The third-order valence-corrected chi connectivity index (χ3v) is 5.93. The molecule has 112 valence electrons. The Morgan fingerprint density at radius 1 is 0.739 bits per heavy atom. The van der Waals surface area contributed by atoms with Crippen molar-refractivity contribution in [3.63, 3.8) is 0 Å². The molecule has 0 radical (unpaired) electrons. The standard InChI is InChI=1S/C20H13FOSe/c21-16-12-7-13-17-18(16)20(23-15-10-5-2-6-11-15)19(22-17)14-8-3-1-4-9-14/h1-13H. The van der Waals surface area contributed by atoms with E-state index in [0.717, 1.165) is 15.8 Å². The number of fused-ring (bicyclic) bond motifs is 1. The van der Waals surface area contributed by atoms with Crippen LogP contribution in [0.2, 0.25) is 0 Å². The first-order valence-electron chi connectivity index (χ1n) is 7.32. The zero-order valence-electron chi connectivity index (χ0n) is 12.2. The van der Waals surface area contributed by atoms with Crippen molar-refractivity contribution >= 4 is 34.8 Å². The molecule has 4 aromatic rings. The topological polar surface area (TPSA) is 13.1 Å². The van der Waals surface area contributed by atoms with Crippen LogP contribution < -0.4 is 8.92 Å². The van der Waals surface area contributed by atoms with Gasteiger partial charge in [0, 0.05) is 0 Å². The van der Waals surface area contributed by atoms with E-state index in [1.165, 1.54) is 10.5 Å². The van der Waals surface area contributed by atoms with Gasteiger partial charge in [0.05, 0.1) is 0 Å². The van der Waals surface area contributed by atoms with Crippen molar-refractivity contribution in [3.05, 3.63) is 84.7 Å². The van der Waals surface area contributed by atoms with Gasteiger partial charge in [-0.05, 0) is 0 Å². The molecule has 0 atom stereocenters. The normalized spacial score (nSPS) is 11.0. The molecule has 0 saturated heterocycles. The van der Waals surface area contributed by atoms with Crippen LogP contribution in [0.4, 0.5) is 4.39 Å². The van der Waals surface area contributed by atoms with E-state index in [9.17, 15) is 4.39 Å². The number of furan rings is 1. The van der Waals surface area contributed by atoms with Gasteiger partial charge in [0.2, 0.25) is 0 Å². The summed E-state index contributed by atoms with van der Waals surface area (Å²) in [7, 11) is 0. The number of hydrogen-bond acceptors (Lipinski definition) is 1. The Balaban J connectivity index is 1.95. The van der Waals surface area contributed by atoms with Crippen LogP contribution in [-0.2, 0) is 0 Å². The van der Waals surface area contributed by atoms with Crippen LogP contribution >= 0.6 is 0 Å². The molecular weight excluding hydrogens is 354 g/mol. The Labute approximate surface area is 139 Å². The monoisotopic (exact) mass is 368 g/mol. The van der Waals surface area contributed by atoms with Crippen LogP contribution in [-0.4, -0.2) is 15.0 Å². The molecule has 0 amide bonds. The van der Waals surface area contributed by atoms with E-state index in [4.69, 9.17) is 4.42 Å². The second-order valence-electron chi connectivity index (χ2n) is 5.15. The second-order valence-corrected chi connectivity index (χ2v) is 7.43. The van der Waals surface area contributed by atoms with Crippen molar-refractivity contribution < 1.29 is 8.81 Å². The summed E-state index contributed by atoms with van der Waals surface area (Å²) < 4.78 is 22.6. The zero-order valence-corrected chi connectivity index (χ0v) is 13.9. The van der Waals surface area contributed by atoms with E-state index in [1.807, 2.05) is 54.6 Å². The van der Waals surface area contributed by atoms with Gasteiger partial charge in [-0.25, -0.2) is 0 Å². The number of halogens is 1. The average molecular weight is 367 g/mol. The van der Waals surface area contributed by atoms with Crippen LogP contribution in [0.1, 0.15) is 0 Å². The summed E-state index contributed by atoms with van der Waals surface area (Å²) in [5.41, 5.74) is 1.59. The molecule has 0 fully saturated rings. The summed E-state index contributed by atoms with van der Waals surface area (Å²) in [5.74, 6) is 0.552. The predicted molar refractivity (Wildman–Crippen MR) is 93.1 cm³/mol. The second kappa shape index (κ2) is 6.04. The fourth-order valence-electron chi connectivity index (χ4n) is 2.56. The first kappa shape index (κ1) is 14.3. The van der Waals surface area contributed by atoms with Gasteiger partial charge in [0.25, 0.3) is 0 Å². The Morgan fingerprint density at radius 3 is 2.17 bits per heavy atom. The summed E-state index contributed by atoms with van der Waals surface area (Å²) >= 11 is -0.0279. The quantitative estimate of drug-likeness (QED) is 0.501.